The lowest BCUT2D eigenvalue weighted by molar-refractivity contribution is 0.305. The Morgan fingerprint density at radius 1 is 1.33 bits per heavy atom. The van der Waals surface area contributed by atoms with Gasteiger partial charge in [0.2, 0.25) is 0 Å². The number of rotatable bonds is 7. The Labute approximate surface area is 127 Å². The third-order valence-electron chi connectivity index (χ3n) is 3.43. The van der Waals surface area contributed by atoms with E-state index in [4.69, 9.17) is 0 Å². The van der Waals surface area contributed by atoms with Crippen molar-refractivity contribution in [2.45, 2.75) is 39.8 Å². The normalized spacial score (nSPS) is 13.5. The molecule has 0 spiro atoms. The van der Waals surface area contributed by atoms with E-state index >= 15 is 0 Å². The molecule has 2 aromatic rings. The molecule has 21 heavy (non-hydrogen) atoms. The molecule has 2 heterocycles. The average Bonchev–Trinajstić information content (AvgIpc) is 2.73. The second-order valence-corrected chi connectivity index (χ2v) is 6.52. The molecule has 0 aliphatic rings. The van der Waals surface area contributed by atoms with Gasteiger partial charge in [0, 0.05) is 43.2 Å². The summed E-state index contributed by atoms with van der Waals surface area (Å²) in [6.45, 7) is 8.40. The highest BCUT2D eigenvalue weighted by Crippen LogP contribution is 2.08. The van der Waals surface area contributed by atoms with Gasteiger partial charge in [-0.05, 0) is 33.4 Å². The Balaban J connectivity index is 2.00. The van der Waals surface area contributed by atoms with Crippen LogP contribution in [0.3, 0.4) is 0 Å². The summed E-state index contributed by atoms with van der Waals surface area (Å²) < 4.78 is 1.86. The van der Waals surface area contributed by atoms with Gasteiger partial charge in [-0.3, -0.25) is 0 Å². The standard InChI is InChI=1S/C16H27N5/c1-12(2)6-15(11-20(4)5)17-8-14-9-18-16-7-13(3)19-21(16)10-14/h7,9-10,12,15,17H,6,8,11H2,1-5H3. The molecule has 0 radical (unpaired) electrons. The molecule has 116 valence electrons. The second kappa shape index (κ2) is 7.00. The summed E-state index contributed by atoms with van der Waals surface area (Å²) in [5.41, 5.74) is 3.07. The number of aromatic nitrogens is 3. The number of likely N-dealkylation sites (N-methyl/N-ethyl adjacent to an activating group) is 1. The molecule has 0 saturated heterocycles. The van der Waals surface area contributed by atoms with Crippen LogP contribution in [0.5, 0.6) is 0 Å². The maximum atomic E-state index is 4.45. The number of hydrogen-bond acceptors (Lipinski definition) is 4. The lowest BCUT2D eigenvalue weighted by Gasteiger charge is -2.24. The molecule has 0 fully saturated rings. The molecule has 2 rings (SSSR count). The summed E-state index contributed by atoms with van der Waals surface area (Å²) in [4.78, 5) is 6.69. The molecule has 2 aromatic heterocycles. The van der Waals surface area contributed by atoms with Crippen molar-refractivity contribution >= 4 is 5.65 Å². The molecular formula is C16H27N5. The first kappa shape index (κ1) is 15.9. The molecular weight excluding hydrogens is 262 g/mol. The van der Waals surface area contributed by atoms with Crippen molar-refractivity contribution in [3.8, 4) is 0 Å². The summed E-state index contributed by atoms with van der Waals surface area (Å²) in [5.74, 6) is 0.692. The Morgan fingerprint density at radius 3 is 2.76 bits per heavy atom. The number of hydrogen-bond donors (Lipinski definition) is 1. The molecule has 0 aliphatic carbocycles. The first-order chi connectivity index (χ1) is 9.94. The molecule has 1 N–H and O–H groups in total. The van der Waals surface area contributed by atoms with Crippen LogP contribution in [0.15, 0.2) is 18.5 Å². The molecule has 0 amide bonds. The van der Waals surface area contributed by atoms with Crippen LogP contribution in [0.25, 0.3) is 5.65 Å². The predicted molar refractivity (Wildman–Crippen MR) is 86.4 cm³/mol. The molecule has 0 bridgehead atoms. The van der Waals surface area contributed by atoms with Crippen molar-refractivity contribution in [2.24, 2.45) is 5.92 Å². The third kappa shape index (κ3) is 4.79. The predicted octanol–water partition coefficient (Wildman–Crippen LogP) is 2.10. The lowest BCUT2D eigenvalue weighted by Crippen LogP contribution is -2.38. The van der Waals surface area contributed by atoms with Crippen LogP contribution in [-0.4, -0.2) is 46.2 Å². The molecule has 5 nitrogen and oxygen atoms in total. The minimum atomic E-state index is 0.495. The van der Waals surface area contributed by atoms with Gasteiger partial charge in [-0.1, -0.05) is 13.8 Å². The fourth-order valence-corrected chi connectivity index (χ4v) is 2.62. The monoisotopic (exact) mass is 289 g/mol. The van der Waals surface area contributed by atoms with Gasteiger partial charge in [-0.15, -0.1) is 0 Å². The van der Waals surface area contributed by atoms with Crippen molar-refractivity contribution in [1.82, 2.24) is 24.8 Å². The van der Waals surface area contributed by atoms with Crippen molar-refractivity contribution in [2.75, 3.05) is 20.6 Å². The lowest BCUT2D eigenvalue weighted by atomic mass is 10.0. The first-order valence-electron chi connectivity index (χ1n) is 7.63. The number of nitrogens with one attached hydrogen (secondary N) is 1. The summed E-state index contributed by atoms with van der Waals surface area (Å²) in [5, 5.41) is 8.06. The van der Waals surface area contributed by atoms with Gasteiger partial charge in [0.25, 0.3) is 0 Å². The van der Waals surface area contributed by atoms with Crippen LogP contribution in [0.1, 0.15) is 31.5 Å². The Bertz CT molecular complexity index is 563. The third-order valence-corrected chi connectivity index (χ3v) is 3.43. The smallest absolute Gasteiger partial charge is 0.155 e. The second-order valence-electron chi connectivity index (χ2n) is 6.52. The zero-order valence-corrected chi connectivity index (χ0v) is 13.8. The van der Waals surface area contributed by atoms with Crippen LogP contribution < -0.4 is 5.32 Å². The van der Waals surface area contributed by atoms with Crippen LogP contribution in [0.2, 0.25) is 0 Å². The van der Waals surface area contributed by atoms with Crippen LogP contribution >= 0.6 is 0 Å². The summed E-state index contributed by atoms with van der Waals surface area (Å²) in [6, 6.07) is 2.49. The maximum absolute atomic E-state index is 4.45. The van der Waals surface area contributed by atoms with E-state index in [1.165, 1.54) is 6.42 Å². The van der Waals surface area contributed by atoms with E-state index in [1.54, 1.807) is 0 Å². The maximum Gasteiger partial charge on any atom is 0.155 e. The van der Waals surface area contributed by atoms with Gasteiger partial charge in [0.1, 0.15) is 0 Å². The summed E-state index contributed by atoms with van der Waals surface area (Å²) >= 11 is 0. The van der Waals surface area contributed by atoms with Crippen molar-refractivity contribution < 1.29 is 0 Å². The van der Waals surface area contributed by atoms with Crippen molar-refractivity contribution in [3.63, 3.8) is 0 Å². The van der Waals surface area contributed by atoms with Crippen LogP contribution in [-0.2, 0) is 6.54 Å². The van der Waals surface area contributed by atoms with Crippen molar-refractivity contribution in [1.29, 1.82) is 0 Å². The number of fused-ring (bicyclic) bond motifs is 1. The number of nitrogens with zero attached hydrogens (tertiary/aromatic N) is 4. The van der Waals surface area contributed by atoms with Gasteiger partial charge in [-0.25, -0.2) is 9.50 Å². The Hall–Kier alpha value is -1.46. The zero-order valence-electron chi connectivity index (χ0n) is 13.8. The highest BCUT2D eigenvalue weighted by Gasteiger charge is 2.12. The van der Waals surface area contributed by atoms with Gasteiger partial charge in [-0.2, -0.15) is 5.10 Å². The van der Waals surface area contributed by atoms with E-state index in [-0.39, 0.29) is 0 Å². The van der Waals surface area contributed by atoms with Gasteiger partial charge < -0.3 is 10.2 Å². The largest absolute Gasteiger partial charge is 0.309 e. The molecule has 1 unspecified atom stereocenters. The number of aryl methyl sites for hydroxylation is 1. The highest BCUT2D eigenvalue weighted by molar-refractivity contribution is 5.38. The Morgan fingerprint density at radius 2 is 2.10 bits per heavy atom. The molecule has 0 aliphatic heterocycles. The summed E-state index contributed by atoms with van der Waals surface area (Å²) in [6.07, 6.45) is 5.17. The van der Waals surface area contributed by atoms with Crippen LogP contribution in [0, 0.1) is 12.8 Å². The molecule has 5 heteroatoms. The van der Waals surface area contributed by atoms with Crippen molar-refractivity contribution in [3.05, 3.63) is 29.7 Å². The fraction of sp³-hybridized carbons (Fsp3) is 0.625. The SMILES string of the molecule is Cc1cc2ncc(CNC(CC(C)C)CN(C)C)cn2n1. The quantitative estimate of drug-likeness (QED) is 0.848. The average molecular weight is 289 g/mol. The highest BCUT2D eigenvalue weighted by atomic mass is 15.2. The zero-order chi connectivity index (χ0) is 15.4. The van der Waals surface area contributed by atoms with E-state index in [0.29, 0.717) is 12.0 Å². The van der Waals surface area contributed by atoms with E-state index < -0.39 is 0 Å². The molecule has 1 atom stereocenters. The minimum absolute atomic E-state index is 0.495. The fourth-order valence-electron chi connectivity index (χ4n) is 2.62. The minimum Gasteiger partial charge on any atom is -0.309 e. The van der Waals surface area contributed by atoms with E-state index in [0.717, 1.165) is 30.0 Å². The molecule has 0 saturated carbocycles. The van der Waals surface area contributed by atoms with E-state index in [2.05, 4.69) is 54.4 Å². The van der Waals surface area contributed by atoms with Gasteiger partial charge >= 0.3 is 0 Å². The summed E-state index contributed by atoms with van der Waals surface area (Å²) in [7, 11) is 4.24. The van der Waals surface area contributed by atoms with E-state index in [1.807, 2.05) is 23.7 Å². The van der Waals surface area contributed by atoms with Gasteiger partial charge in [0.05, 0.1) is 5.69 Å². The molecule has 0 aromatic carbocycles. The Kier molecular flexibility index (Phi) is 5.31. The van der Waals surface area contributed by atoms with E-state index in [9.17, 15) is 0 Å². The first-order valence-corrected chi connectivity index (χ1v) is 7.63. The topological polar surface area (TPSA) is 45.5 Å². The van der Waals surface area contributed by atoms with Gasteiger partial charge in [0.15, 0.2) is 5.65 Å². The van der Waals surface area contributed by atoms with Crippen LogP contribution in [0.4, 0.5) is 0 Å².